The molecule has 0 aromatic rings. The molecule has 0 rings (SSSR count). The Morgan fingerprint density at radius 3 is 1.00 bits per heavy atom. The average molecular weight is 337 g/mol. The summed E-state index contributed by atoms with van der Waals surface area (Å²) >= 11 is 0. The fourth-order valence-corrected chi connectivity index (χ4v) is 5.96. The summed E-state index contributed by atoms with van der Waals surface area (Å²) in [7, 11) is -19.1. The van der Waals surface area contributed by atoms with Crippen molar-refractivity contribution in [2.45, 2.75) is 11.0 Å². The topological polar surface area (TPSA) is 85.3 Å². The van der Waals surface area contributed by atoms with E-state index in [1.165, 1.54) is 0 Å². The van der Waals surface area contributed by atoms with E-state index in [0.717, 1.165) is 0 Å². The Hall–Kier alpha value is 0.630. The second-order valence-electron chi connectivity index (χ2n) is 2.00. The Labute approximate surface area is 114 Å². The number of alkyl halides is 6. The zero-order valence-corrected chi connectivity index (χ0v) is 12.0. The fraction of sp³-hybridized carbons (Fsp3) is 1.00. The molecule has 17 heavy (non-hydrogen) atoms. The van der Waals surface area contributed by atoms with Crippen molar-refractivity contribution in [1.82, 2.24) is 0 Å². The molecule has 0 fully saturated rings. The molecule has 0 aromatic carbocycles. The third-order valence-electron chi connectivity index (χ3n) is 0.925. The van der Waals surface area contributed by atoms with Gasteiger partial charge < -0.3 is 0 Å². The first-order chi connectivity index (χ1) is 6.65. The third kappa shape index (κ3) is 3.79. The molecule has 0 N–H and O–H groups in total. The molecule has 0 aromatic heterocycles. The molecule has 0 saturated heterocycles. The van der Waals surface area contributed by atoms with Crippen molar-refractivity contribution in [3.8, 4) is 0 Å². The molecule has 0 amide bonds. The Kier molecular flexibility index (Phi) is 6.25. The standard InChI is InChI=1S/C2F6O5S3.Na/c3-1(4,5)15(10,11)14(9)16(12,13)2(6,7)8;. The molecule has 0 saturated carbocycles. The Bertz CT molecular complexity index is 451. The molecule has 0 spiro atoms. The van der Waals surface area contributed by atoms with Gasteiger partial charge in [0.05, 0.1) is 0 Å². The maximum absolute atomic E-state index is 11.6. The molecule has 0 aliphatic carbocycles. The predicted molar refractivity (Wildman–Crippen MR) is 43.8 cm³/mol. The van der Waals surface area contributed by atoms with Crippen molar-refractivity contribution in [2.24, 2.45) is 0 Å². The Balaban J connectivity index is 0. The molecule has 0 bridgehead atoms. The molecule has 0 aliphatic rings. The van der Waals surface area contributed by atoms with E-state index in [4.69, 9.17) is 0 Å². The van der Waals surface area contributed by atoms with Gasteiger partial charge in [0.15, 0.2) is 0 Å². The van der Waals surface area contributed by atoms with Crippen LogP contribution in [0.15, 0.2) is 0 Å². The first-order valence-electron chi connectivity index (χ1n) is 2.71. The van der Waals surface area contributed by atoms with Gasteiger partial charge in [0.2, 0.25) is 0 Å². The maximum Gasteiger partial charge on any atom is 0.510 e. The molecular formula is C2F6NaO5S3. The van der Waals surface area contributed by atoms with Crippen molar-refractivity contribution >= 4 is 56.2 Å². The van der Waals surface area contributed by atoms with E-state index in [-0.39, 0.29) is 29.6 Å². The second-order valence-corrected chi connectivity index (χ2v) is 10.2. The van der Waals surface area contributed by atoms with Gasteiger partial charge in [-0.2, -0.15) is 26.3 Å². The molecule has 0 atom stereocenters. The summed E-state index contributed by atoms with van der Waals surface area (Å²) in [6.07, 6.45) is 0. The minimum absolute atomic E-state index is 0. The summed E-state index contributed by atoms with van der Waals surface area (Å²) in [5.74, 6) is 0. The van der Waals surface area contributed by atoms with Crippen LogP contribution in [-0.4, -0.2) is 61.6 Å². The van der Waals surface area contributed by atoms with Crippen LogP contribution in [0.25, 0.3) is 0 Å². The van der Waals surface area contributed by atoms with Gasteiger partial charge in [-0.1, -0.05) is 0 Å². The molecule has 1 radical (unpaired) electrons. The monoisotopic (exact) mass is 337 g/mol. The minimum Gasteiger partial charge on any atom is -0.225 e. The van der Waals surface area contributed by atoms with Gasteiger partial charge in [-0.3, -0.25) is 0 Å². The molecule has 99 valence electrons. The van der Waals surface area contributed by atoms with Crippen LogP contribution >= 0.6 is 0 Å². The number of halogens is 6. The van der Waals surface area contributed by atoms with Crippen molar-refractivity contribution in [3.63, 3.8) is 0 Å². The fourth-order valence-electron chi connectivity index (χ4n) is 0.272. The molecular weight excluding hydrogens is 337 g/mol. The van der Waals surface area contributed by atoms with Crippen LogP contribution < -0.4 is 0 Å². The van der Waals surface area contributed by atoms with Crippen LogP contribution in [0, 0.1) is 0 Å². The third-order valence-corrected chi connectivity index (χ3v) is 9.28. The second kappa shape index (κ2) is 5.32. The van der Waals surface area contributed by atoms with Crippen LogP contribution in [0.5, 0.6) is 0 Å². The zero-order valence-electron chi connectivity index (χ0n) is 7.53. The van der Waals surface area contributed by atoms with Gasteiger partial charge in [0, 0.05) is 29.6 Å². The van der Waals surface area contributed by atoms with Gasteiger partial charge in [0.25, 0.3) is 8.86 Å². The Morgan fingerprint density at radius 1 is 0.706 bits per heavy atom. The van der Waals surface area contributed by atoms with Crippen LogP contribution in [0.3, 0.4) is 0 Å². The van der Waals surface area contributed by atoms with E-state index in [9.17, 15) is 47.4 Å². The summed E-state index contributed by atoms with van der Waals surface area (Å²) in [6.45, 7) is 0. The average Bonchev–Trinajstić information content (AvgIpc) is 1.98. The van der Waals surface area contributed by atoms with E-state index < -0.39 is 37.6 Å². The summed E-state index contributed by atoms with van der Waals surface area (Å²) < 4.78 is 120. The van der Waals surface area contributed by atoms with Gasteiger partial charge in [-0.05, 0) is 0 Å². The quantitative estimate of drug-likeness (QED) is 0.404. The summed E-state index contributed by atoms with van der Waals surface area (Å²) in [4.78, 5) is 0. The molecule has 15 heteroatoms. The van der Waals surface area contributed by atoms with Crippen LogP contribution in [0.4, 0.5) is 26.3 Å². The van der Waals surface area contributed by atoms with E-state index in [2.05, 4.69) is 0 Å². The normalized spacial score (nSPS) is 14.5. The molecule has 5 nitrogen and oxygen atoms in total. The molecule has 0 aliphatic heterocycles. The van der Waals surface area contributed by atoms with E-state index in [1.807, 2.05) is 0 Å². The van der Waals surface area contributed by atoms with Gasteiger partial charge in [0.1, 0.15) is 0 Å². The van der Waals surface area contributed by atoms with E-state index >= 15 is 0 Å². The molecule has 0 heterocycles. The van der Waals surface area contributed by atoms with Crippen LogP contribution in [0.2, 0.25) is 0 Å². The first kappa shape index (κ1) is 20.0. The number of hydrogen-bond donors (Lipinski definition) is 0. The maximum atomic E-state index is 11.6. The SMILES string of the molecule is O=S(S(=O)(=O)C(F)(F)F)S(=O)(=O)C(F)(F)F.[Na]. The minimum atomic E-state index is -6.95. The Morgan fingerprint density at radius 2 is 0.882 bits per heavy atom. The summed E-state index contributed by atoms with van der Waals surface area (Å²) in [6, 6.07) is 0. The zero-order chi connectivity index (χ0) is 13.6. The van der Waals surface area contributed by atoms with E-state index in [0.29, 0.717) is 0 Å². The largest absolute Gasteiger partial charge is 0.510 e. The van der Waals surface area contributed by atoms with Crippen molar-refractivity contribution in [1.29, 1.82) is 0 Å². The summed E-state index contributed by atoms with van der Waals surface area (Å²) in [5.41, 5.74) is -12.7. The number of hydrogen-bond acceptors (Lipinski definition) is 5. The van der Waals surface area contributed by atoms with Gasteiger partial charge in [-0.25, -0.2) is 21.0 Å². The molecule has 0 unspecified atom stereocenters. The van der Waals surface area contributed by atoms with Crippen LogP contribution in [-0.2, 0) is 26.6 Å². The van der Waals surface area contributed by atoms with Crippen molar-refractivity contribution < 1.29 is 47.4 Å². The summed E-state index contributed by atoms with van der Waals surface area (Å²) in [5, 5.41) is 0. The number of rotatable bonds is 2. The van der Waals surface area contributed by atoms with E-state index in [1.54, 1.807) is 0 Å². The first-order valence-corrected chi connectivity index (χ1v) is 7.86. The van der Waals surface area contributed by atoms with Gasteiger partial charge in [-0.15, -0.1) is 0 Å². The van der Waals surface area contributed by atoms with Crippen LogP contribution in [0.1, 0.15) is 0 Å². The smallest absolute Gasteiger partial charge is 0.225 e. The van der Waals surface area contributed by atoms with Gasteiger partial charge >= 0.3 is 28.8 Å². The van der Waals surface area contributed by atoms with Crippen molar-refractivity contribution in [2.75, 3.05) is 0 Å². The van der Waals surface area contributed by atoms with Crippen molar-refractivity contribution in [3.05, 3.63) is 0 Å². The predicted octanol–water partition coefficient (Wildman–Crippen LogP) is 0.0535.